The molecule has 4 nitrogen and oxygen atoms in total. The molecule has 0 aromatic rings. The molecule has 0 bridgehead atoms. The van der Waals surface area contributed by atoms with Crippen LogP contribution in [0.5, 0.6) is 0 Å². The standard InChI is InChI=1S/C12H24N2O2/c1-9(16-7-6-10-4-5-10)8-12(2,14-3)11(13)15/h9-10,14H,4-8H2,1-3H3,(H2,13,15). The van der Waals surface area contributed by atoms with Crippen LogP contribution < -0.4 is 11.1 Å². The molecule has 0 spiro atoms. The van der Waals surface area contributed by atoms with Gasteiger partial charge < -0.3 is 15.8 Å². The van der Waals surface area contributed by atoms with Crippen LogP contribution in [-0.4, -0.2) is 31.2 Å². The topological polar surface area (TPSA) is 64.3 Å². The Morgan fingerprint density at radius 2 is 2.25 bits per heavy atom. The number of carbonyl (C=O) groups is 1. The van der Waals surface area contributed by atoms with E-state index >= 15 is 0 Å². The van der Waals surface area contributed by atoms with Gasteiger partial charge in [-0.3, -0.25) is 4.79 Å². The zero-order valence-electron chi connectivity index (χ0n) is 10.6. The van der Waals surface area contributed by atoms with Crippen molar-refractivity contribution in [1.29, 1.82) is 0 Å². The average molecular weight is 228 g/mol. The SMILES string of the molecule is CNC(C)(CC(C)OCCC1CC1)C(N)=O. The number of ether oxygens (including phenoxy) is 1. The molecule has 1 amide bonds. The number of carbonyl (C=O) groups excluding carboxylic acids is 1. The van der Waals surface area contributed by atoms with Gasteiger partial charge in [0.15, 0.2) is 0 Å². The van der Waals surface area contributed by atoms with Crippen molar-refractivity contribution in [3.63, 3.8) is 0 Å². The van der Waals surface area contributed by atoms with E-state index in [1.54, 1.807) is 7.05 Å². The van der Waals surface area contributed by atoms with Crippen LogP contribution in [-0.2, 0) is 9.53 Å². The predicted molar refractivity (Wildman–Crippen MR) is 64.0 cm³/mol. The Hall–Kier alpha value is -0.610. The Kier molecular flexibility index (Phi) is 4.74. The molecule has 1 aliphatic carbocycles. The van der Waals surface area contributed by atoms with Crippen LogP contribution in [0.1, 0.15) is 39.5 Å². The Morgan fingerprint density at radius 3 is 2.69 bits per heavy atom. The number of amides is 1. The fourth-order valence-electron chi connectivity index (χ4n) is 1.80. The second-order valence-electron chi connectivity index (χ2n) is 5.06. The van der Waals surface area contributed by atoms with Gasteiger partial charge >= 0.3 is 0 Å². The zero-order valence-corrected chi connectivity index (χ0v) is 10.6. The molecule has 0 radical (unpaired) electrons. The first kappa shape index (κ1) is 13.5. The van der Waals surface area contributed by atoms with Crippen molar-refractivity contribution in [3.8, 4) is 0 Å². The Labute approximate surface area is 97.9 Å². The number of hydrogen-bond acceptors (Lipinski definition) is 3. The highest BCUT2D eigenvalue weighted by Crippen LogP contribution is 2.32. The number of nitrogens with two attached hydrogens (primary N) is 1. The van der Waals surface area contributed by atoms with Crippen molar-refractivity contribution in [2.45, 2.75) is 51.2 Å². The third-order valence-electron chi connectivity index (χ3n) is 3.42. The normalized spacial score (nSPS) is 21.4. The van der Waals surface area contributed by atoms with Crippen LogP contribution in [0, 0.1) is 5.92 Å². The Balaban J connectivity index is 2.24. The van der Waals surface area contributed by atoms with E-state index < -0.39 is 5.54 Å². The summed E-state index contributed by atoms with van der Waals surface area (Å²) < 4.78 is 5.69. The van der Waals surface area contributed by atoms with Crippen molar-refractivity contribution in [2.24, 2.45) is 11.7 Å². The van der Waals surface area contributed by atoms with E-state index in [0.29, 0.717) is 6.42 Å². The van der Waals surface area contributed by atoms with Crippen LogP contribution in [0.4, 0.5) is 0 Å². The molecule has 1 aliphatic rings. The fraction of sp³-hybridized carbons (Fsp3) is 0.917. The van der Waals surface area contributed by atoms with E-state index in [9.17, 15) is 4.79 Å². The van der Waals surface area contributed by atoms with Crippen LogP contribution in [0.25, 0.3) is 0 Å². The van der Waals surface area contributed by atoms with Gasteiger partial charge in [0.25, 0.3) is 0 Å². The molecular weight excluding hydrogens is 204 g/mol. The number of primary amides is 1. The molecule has 0 aromatic carbocycles. The lowest BCUT2D eigenvalue weighted by Gasteiger charge is -2.28. The minimum Gasteiger partial charge on any atom is -0.378 e. The van der Waals surface area contributed by atoms with Crippen molar-refractivity contribution in [2.75, 3.05) is 13.7 Å². The molecule has 16 heavy (non-hydrogen) atoms. The lowest BCUT2D eigenvalue weighted by atomic mass is 9.94. The quantitative estimate of drug-likeness (QED) is 0.652. The van der Waals surface area contributed by atoms with Gasteiger partial charge in [-0.25, -0.2) is 0 Å². The van der Waals surface area contributed by atoms with E-state index in [1.807, 2.05) is 13.8 Å². The molecule has 3 N–H and O–H groups in total. The van der Waals surface area contributed by atoms with Gasteiger partial charge in [-0.05, 0) is 33.2 Å². The first-order valence-electron chi connectivity index (χ1n) is 6.08. The summed E-state index contributed by atoms with van der Waals surface area (Å²) in [5, 5.41) is 2.97. The third-order valence-corrected chi connectivity index (χ3v) is 3.42. The van der Waals surface area contributed by atoms with Crippen LogP contribution in [0.3, 0.4) is 0 Å². The van der Waals surface area contributed by atoms with E-state index in [2.05, 4.69) is 5.32 Å². The molecule has 0 saturated heterocycles. The maximum absolute atomic E-state index is 11.3. The van der Waals surface area contributed by atoms with Crippen LogP contribution in [0.2, 0.25) is 0 Å². The van der Waals surface area contributed by atoms with Crippen molar-refractivity contribution in [3.05, 3.63) is 0 Å². The molecule has 94 valence electrons. The van der Waals surface area contributed by atoms with Gasteiger partial charge in [-0.1, -0.05) is 12.8 Å². The molecular formula is C12H24N2O2. The monoisotopic (exact) mass is 228 g/mol. The lowest BCUT2D eigenvalue weighted by molar-refractivity contribution is -0.125. The van der Waals surface area contributed by atoms with Gasteiger partial charge in [-0.2, -0.15) is 0 Å². The summed E-state index contributed by atoms with van der Waals surface area (Å²) in [4.78, 5) is 11.3. The van der Waals surface area contributed by atoms with Crippen LogP contribution in [0.15, 0.2) is 0 Å². The molecule has 2 unspecified atom stereocenters. The number of hydrogen-bond donors (Lipinski definition) is 2. The summed E-state index contributed by atoms with van der Waals surface area (Å²) in [6, 6.07) is 0. The van der Waals surface area contributed by atoms with Crippen molar-refractivity contribution < 1.29 is 9.53 Å². The highest BCUT2D eigenvalue weighted by Gasteiger charge is 2.31. The maximum atomic E-state index is 11.3. The van der Waals surface area contributed by atoms with Gasteiger partial charge in [-0.15, -0.1) is 0 Å². The van der Waals surface area contributed by atoms with E-state index in [0.717, 1.165) is 18.9 Å². The average Bonchev–Trinajstić information content (AvgIpc) is 3.01. The smallest absolute Gasteiger partial charge is 0.237 e. The van der Waals surface area contributed by atoms with Crippen molar-refractivity contribution in [1.82, 2.24) is 5.32 Å². The van der Waals surface area contributed by atoms with Gasteiger partial charge in [0, 0.05) is 13.0 Å². The number of rotatable bonds is 8. The van der Waals surface area contributed by atoms with E-state index in [1.165, 1.54) is 12.8 Å². The summed E-state index contributed by atoms with van der Waals surface area (Å²) in [6.07, 6.45) is 4.53. The fourth-order valence-corrected chi connectivity index (χ4v) is 1.80. The van der Waals surface area contributed by atoms with Gasteiger partial charge in [0.2, 0.25) is 5.91 Å². The third kappa shape index (κ3) is 4.10. The minimum absolute atomic E-state index is 0.0590. The summed E-state index contributed by atoms with van der Waals surface area (Å²) in [7, 11) is 1.75. The molecule has 4 heteroatoms. The number of nitrogens with one attached hydrogen (secondary N) is 1. The lowest BCUT2D eigenvalue weighted by Crippen LogP contribution is -2.53. The Bertz CT molecular complexity index is 241. The molecule has 0 aliphatic heterocycles. The van der Waals surface area contributed by atoms with Crippen molar-refractivity contribution >= 4 is 5.91 Å². The van der Waals surface area contributed by atoms with Gasteiger partial charge in [0.05, 0.1) is 11.6 Å². The summed E-state index contributed by atoms with van der Waals surface area (Å²) in [5.74, 6) is 0.562. The molecule has 2 atom stereocenters. The van der Waals surface area contributed by atoms with Crippen LogP contribution >= 0.6 is 0 Å². The molecule has 0 heterocycles. The minimum atomic E-state index is -0.668. The predicted octanol–water partition coefficient (Wildman–Crippen LogP) is 1.05. The largest absolute Gasteiger partial charge is 0.378 e. The Morgan fingerprint density at radius 1 is 1.62 bits per heavy atom. The number of likely N-dealkylation sites (N-methyl/N-ethyl adjacent to an activating group) is 1. The molecule has 0 aromatic heterocycles. The first-order valence-corrected chi connectivity index (χ1v) is 6.08. The molecule has 1 saturated carbocycles. The highest BCUT2D eigenvalue weighted by molar-refractivity contribution is 5.84. The van der Waals surface area contributed by atoms with Gasteiger partial charge in [0.1, 0.15) is 0 Å². The summed E-state index contributed by atoms with van der Waals surface area (Å²) in [5.41, 5.74) is 4.69. The molecule has 1 fully saturated rings. The second-order valence-corrected chi connectivity index (χ2v) is 5.06. The first-order chi connectivity index (χ1) is 7.48. The van der Waals surface area contributed by atoms with E-state index in [-0.39, 0.29) is 12.0 Å². The summed E-state index contributed by atoms with van der Waals surface area (Å²) >= 11 is 0. The summed E-state index contributed by atoms with van der Waals surface area (Å²) in [6.45, 7) is 4.60. The highest BCUT2D eigenvalue weighted by atomic mass is 16.5. The maximum Gasteiger partial charge on any atom is 0.237 e. The second kappa shape index (κ2) is 5.64. The molecule has 1 rings (SSSR count). The zero-order chi connectivity index (χ0) is 12.2. The van der Waals surface area contributed by atoms with E-state index in [4.69, 9.17) is 10.5 Å².